The Kier molecular flexibility index (Phi) is 3.55. The van der Waals surface area contributed by atoms with Gasteiger partial charge in [-0.1, -0.05) is 68.3 Å². The molecule has 14 heavy (non-hydrogen) atoms. The SMILES string of the molecule is C[Si](C)(C)[Si][Si](C)(C)c1ccccc1. The zero-order valence-electron chi connectivity index (χ0n) is 9.89. The molecular formula is C11H20Si3. The maximum absolute atomic E-state index is 2.51. The lowest BCUT2D eigenvalue weighted by atomic mass is 10.4. The van der Waals surface area contributed by atoms with E-state index in [2.05, 4.69) is 63.1 Å². The molecular weight excluding hydrogens is 216 g/mol. The van der Waals surface area contributed by atoms with Gasteiger partial charge in [-0.05, 0) is 0 Å². The molecule has 0 saturated heterocycles. The van der Waals surface area contributed by atoms with E-state index in [-0.39, 0.29) is 0 Å². The Labute approximate surface area is 92.2 Å². The summed E-state index contributed by atoms with van der Waals surface area (Å²) < 4.78 is 0. The van der Waals surface area contributed by atoms with E-state index in [0.717, 1.165) is 0 Å². The highest BCUT2D eigenvalue weighted by Crippen LogP contribution is 2.09. The topological polar surface area (TPSA) is 0 Å². The second-order valence-electron chi connectivity index (χ2n) is 5.37. The van der Waals surface area contributed by atoms with E-state index in [1.54, 1.807) is 5.19 Å². The van der Waals surface area contributed by atoms with Gasteiger partial charge in [0.05, 0.1) is 7.59 Å². The lowest BCUT2D eigenvalue weighted by Gasteiger charge is -2.29. The van der Waals surface area contributed by atoms with Crippen LogP contribution in [0.5, 0.6) is 0 Å². The fraction of sp³-hybridized carbons (Fsp3) is 0.455. The van der Waals surface area contributed by atoms with E-state index in [0.29, 0.717) is 0 Å². The summed E-state index contributed by atoms with van der Waals surface area (Å²) in [5.41, 5.74) is 0. The Morgan fingerprint density at radius 3 is 1.79 bits per heavy atom. The molecule has 0 bridgehead atoms. The average Bonchev–Trinajstić information content (AvgIpc) is 2.01. The fourth-order valence-electron chi connectivity index (χ4n) is 1.86. The molecule has 0 heterocycles. The average molecular weight is 237 g/mol. The number of rotatable bonds is 3. The Bertz CT molecular complexity index is 285. The van der Waals surface area contributed by atoms with E-state index in [1.165, 1.54) is 8.55 Å². The number of benzene rings is 1. The zero-order chi connectivity index (χ0) is 10.8. The normalized spacial score (nSPS) is 12.9. The van der Waals surface area contributed by atoms with E-state index in [1.807, 2.05) is 0 Å². The van der Waals surface area contributed by atoms with Gasteiger partial charge in [0.25, 0.3) is 0 Å². The van der Waals surface area contributed by atoms with Crippen molar-refractivity contribution in [2.24, 2.45) is 0 Å². The molecule has 0 nitrogen and oxygen atoms in total. The third-order valence-electron chi connectivity index (χ3n) is 2.18. The van der Waals surface area contributed by atoms with Crippen LogP contribution in [-0.2, 0) is 0 Å². The Balaban J connectivity index is 2.86. The summed E-state index contributed by atoms with van der Waals surface area (Å²) in [4.78, 5) is 0. The molecule has 1 rings (SSSR count). The van der Waals surface area contributed by atoms with Crippen LogP contribution in [-0.4, -0.2) is 23.7 Å². The second kappa shape index (κ2) is 4.16. The lowest BCUT2D eigenvalue weighted by molar-refractivity contribution is 1.73. The van der Waals surface area contributed by atoms with Gasteiger partial charge in [0.1, 0.15) is 0 Å². The van der Waals surface area contributed by atoms with Crippen molar-refractivity contribution < 1.29 is 0 Å². The monoisotopic (exact) mass is 236 g/mol. The fourth-order valence-corrected chi connectivity index (χ4v) is 29.6. The van der Waals surface area contributed by atoms with Gasteiger partial charge in [-0.15, -0.1) is 0 Å². The molecule has 2 radical (unpaired) electrons. The Hall–Kier alpha value is -0.129. The summed E-state index contributed by atoms with van der Waals surface area (Å²) in [6.45, 7) is 12.5. The van der Waals surface area contributed by atoms with Gasteiger partial charge >= 0.3 is 0 Å². The third-order valence-corrected chi connectivity index (χ3v) is 22.7. The molecule has 0 N–H and O–H groups in total. The molecule has 1 aromatic rings. The highest BCUT2D eigenvalue weighted by atomic mass is 29.6. The molecule has 0 aliphatic rings. The van der Waals surface area contributed by atoms with Crippen molar-refractivity contribution >= 4 is 28.9 Å². The van der Waals surface area contributed by atoms with Crippen LogP contribution in [0.3, 0.4) is 0 Å². The van der Waals surface area contributed by atoms with Crippen molar-refractivity contribution in [3.05, 3.63) is 30.3 Å². The number of hydrogen-bond acceptors (Lipinski definition) is 0. The van der Waals surface area contributed by atoms with Gasteiger partial charge < -0.3 is 0 Å². The van der Waals surface area contributed by atoms with Crippen LogP contribution < -0.4 is 5.19 Å². The van der Waals surface area contributed by atoms with Crippen molar-refractivity contribution in [2.75, 3.05) is 0 Å². The van der Waals surface area contributed by atoms with E-state index in [4.69, 9.17) is 0 Å². The maximum Gasteiger partial charge on any atom is 0.0657 e. The predicted octanol–water partition coefficient (Wildman–Crippen LogP) is 2.64. The molecule has 1 aromatic carbocycles. The van der Waals surface area contributed by atoms with Gasteiger partial charge in [0.15, 0.2) is 0 Å². The summed E-state index contributed by atoms with van der Waals surface area (Å²) in [7, 11) is -0.788. The van der Waals surface area contributed by atoms with Crippen LogP contribution in [0.1, 0.15) is 0 Å². The standard InChI is InChI=1S/C11H20Si3/c1-13(2,3)12-14(4,5)11-9-7-6-8-10-11/h6-10H,1-5H3. The van der Waals surface area contributed by atoms with Gasteiger partial charge in [0, 0.05) is 16.1 Å². The molecule has 0 saturated carbocycles. The van der Waals surface area contributed by atoms with Crippen molar-refractivity contribution in [3.63, 3.8) is 0 Å². The number of hydrogen-bond donors (Lipinski definition) is 0. The molecule has 76 valence electrons. The Morgan fingerprint density at radius 2 is 1.36 bits per heavy atom. The molecule has 3 heteroatoms. The summed E-state index contributed by atoms with van der Waals surface area (Å²) >= 11 is 0. The van der Waals surface area contributed by atoms with Crippen LogP contribution in [0.25, 0.3) is 0 Å². The van der Waals surface area contributed by atoms with E-state index in [9.17, 15) is 0 Å². The van der Waals surface area contributed by atoms with Crippen molar-refractivity contribution in [3.8, 4) is 0 Å². The molecule has 0 aromatic heterocycles. The summed E-state index contributed by atoms with van der Waals surface area (Å²) in [6.07, 6.45) is 0. The van der Waals surface area contributed by atoms with E-state index < -0.39 is 15.2 Å². The van der Waals surface area contributed by atoms with E-state index >= 15 is 0 Å². The molecule has 0 aliphatic carbocycles. The molecule has 0 aliphatic heterocycles. The highest BCUT2D eigenvalue weighted by molar-refractivity contribution is 7.55. The molecule has 0 fully saturated rings. The summed E-state index contributed by atoms with van der Waals surface area (Å²) in [5, 5.41) is 1.63. The quantitative estimate of drug-likeness (QED) is 0.708. The summed E-state index contributed by atoms with van der Waals surface area (Å²) in [5.74, 6) is 0. The van der Waals surface area contributed by atoms with Crippen molar-refractivity contribution in [1.29, 1.82) is 0 Å². The van der Waals surface area contributed by atoms with Gasteiger partial charge in [-0.25, -0.2) is 0 Å². The smallest absolute Gasteiger partial charge is 0.0657 e. The molecule has 0 atom stereocenters. The van der Waals surface area contributed by atoms with Gasteiger partial charge in [0.2, 0.25) is 0 Å². The van der Waals surface area contributed by atoms with Gasteiger partial charge in [-0.3, -0.25) is 0 Å². The molecule has 0 unspecified atom stereocenters. The largest absolute Gasteiger partial charge is 0.0721 e. The highest BCUT2D eigenvalue weighted by Gasteiger charge is 2.30. The first kappa shape index (κ1) is 11.9. The summed E-state index contributed by atoms with van der Waals surface area (Å²) in [6, 6.07) is 11.1. The predicted molar refractivity (Wildman–Crippen MR) is 72.7 cm³/mol. The van der Waals surface area contributed by atoms with Crippen LogP contribution >= 0.6 is 0 Å². The van der Waals surface area contributed by atoms with Crippen molar-refractivity contribution in [2.45, 2.75) is 32.7 Å². The van der Waals surface area contributed by atoms with Crippen LogP contribution in [0, 0.1) is 0 Å². The first-order valence-corrected chi connectivity index (χ1v) is 14.7. The minimum atomic E-state index is -1.13. The molecule has 0 spiro atoms. The zero-order valence-corrected chi connectivity index (χ0v) is 12.9. The lowest BCUT2D eigenvalue weighted by Crippen LogP contribution is -2.56. The minimum absolute atomic E-state index is 0.886. The Morgan fingerprint density at radius 1 is 0.857 bits per heavy atom. The second-order valence-corrected chi connectivity index (χ2v) is 25.2. The third kappa shape index (κ3) is 3.55. The van der Waals surface area contributed by atoms with Gasteiger partial charge in [-0.2, -0.15) is 0 Å². The van der Waals surface area contributed by atoms with Crippen LogP contribution in [0.15, 0.2) is 30.3 Å². The first-order chi connectivity index (χ1) is 6.31. The van der Waals surface area contributed by atoms with Crippen LogP contribution in [0.4, 0.5) is 0 Å². The molecule has 0 amide bonds. The minimum Gasteiger partial charge on any atom is -0.0721 e. The maximum atomic E-state index is 2.51. The first-order valence-electron chi connectivity index (χ1n) is 5.16. The van der Waals surface area contributed by atoms with Crippen LogP contribution in [0.2, 0.25) is 32.7 Å². The van der Waals surface area contributed by atoms with Crippen molar-refractivity contribution in [1.82, 2.24) is 0 Å².